The summed E-state index contributed by atoms with van der Waals surface area (Å²) in [5.74, 6) is 0. The van der Waals surface area contributed by atoms with Gasteiger partial charge in [-0.1, -0.05) is 0 Å². The van der Waals surface area contributed by atoms with Gasteiger partial charge >= 0.3 is 0 Å². The van der Waals surface area contributed by atoms with Gasteiger partial charge in [0.25, 0.3) is 0 Å². The average Bonchev–Trinajstić information content (AvgIpc) is 1.96. The first-order valence-electron chi connectivity index (χ1n) is 1.87. The Morgan fingerprint density at radius 1 is 0.875 bits per heavy atom. The Morgan fingerprint density at radius 3 is 1.25 bits per heavy atom. The molecule has 0 aromatic carbocycles. The van der Waals surface area contributed by atoms with E-state index in [0.717, 1.165) is 0 Å². The summed E-state index contributed by atoms with van der Waals surface area (Å²) in [4.78, 5) is 7.44. The predicted octanol–water partition coefficient (Wildman–Crippen LogP) is 0.140. The molecule has 0 saturated carbocycles. The smallest absolute Gasteiger partial charge is 0.197 e. The minimum absolute atomic E-state index is 1.64. The summed E-state index contributed by atoms with van der Waals surface area (Å²) in [6, 6.07) is 0. The van der Waals surface area contributed by atoms with Crippen LogP contribution < -0.4 is 0 Å². The van der Waals surface area contributed by atoms with E-state index in [1.807, 2.05) is 0 Å². The van der Waals surface area contributed by atoms with E-state index in [9.17, 15) is 0 Å². The predicted molar refractivity (Wildman–Crippen MR) is 30.2 cm³/mol. The van der Waals surface area contributed by atoms with Crippen molar-refractivity contribution >= 4 is 12.5 Å². The van der Waals surface area contributed by atoms with E-state index in [2.05, 4.69) is 22.5 Å². The molecule has 0 aliphatic rings. The Morgan fingerprint density at radius 2 is 1.12 bits per heavy atom. The van der Waals surface area contributed by atoms with E-state index in [4.69, 9.17) is 4.21 Å². The monoisotopic (exact) mass is 128 g/mol. The van der Waals surface area contributed by atoms with Crippen LogP contribution in [0.4, 0.5) is 0 Å². The standard InChI is InChI=1S/C4H4N2.OS/c1-2-6-4-3-5-1;1-2/h1-4H;. The Labute approximate surface area is 52.3 Å². The normalized spacial score (nSPS) is 6.50. The van der Waals surface area contributed by atoms with Crippen molar-refractivity contribution in [1.82, 2.24) is 9.97 Å². The van der Waals surface area contributed by atoms with Crippen LogP contribution in [0.3, 0.4) is 0 Å². The molecule has 0 bridgehead atoms. The highest BCUT2D eigenvalue weighted by atomic mass is 32.1. The maximum absolute atomic E-state index is 7.83. The van der Waals surface area contributed by atoms with E-state index in [1.54, 1.807) is 24.8 Å². The van der Waals surface area contributed by atoms with Crippen LogP contribution in [0.15, 0.2) is 24.8 Å². The SMILES string of the molecule is O=S.c1cnccn1. The van der Waals surface area contributed by atoms with E-state index in [-0.39, 0.29) is 0 Å². The number of nitrogens with zero attached hydrogens (tertiary/aromatic N) is 2. The van der Waals surface area contributed by atoms with Gasteiger partial charge in [0.1, 0.15) is 0 Å². The molecule has 0 fully saturated rings. The molecule has 42 valence electrons. The molecule has 0 aliphatic heterocycles. The largest absolute Gasteiger partial charge is 0.262 e. The first-order chi connectivity index (χ1) is 4.00. The average molecular weight is 128 g/mol. The molecule has 0 saturated heterocycles. The molecule has 4 heteroatoms. The zero-order valence-corrected chi connectivity index (χ0v) is 4.84. The van der Waals surface area contributed by atoms with Crippen molar-refractivity contribution < 1.29 is 4.21 Å². The van der Waals surface area contributed by atoms with Gasteiger partial charge in [0, 0.05) is 24.8 Å². The lowest BCUT2D eigenvalue weighted by Gasteiger charge is -1.70. The van der Waals surface area contributed by atoms with E-state index in [0.29, 0.717) is 0 Å². The lowest BCUT2D eigenvalue weighted by atomic mass is 10.8. The molecule has 8 heavy (non-hydrogen) atoms. The number of rotatable bonds is 0. The number of hydrogen-bond acceptors (Lipinski definition) is 4. The van der Waals surface area contributed by atoms with Crippen LogP contribution in [-0.4, -0.2) is 14.2 Å². The minimum Gasteiger partial charge on any atom is -0.262 e. The zero-order chi connectivity index (χ0) is 6.24. The van der Waals surface area contributed by atoms with Gasteiger partial charge < -0.3 is 0 Å². The van der Waals surface area contributed by atoms with Crippen LogP contribution >= 0.6 is 0 Å². The highest BCUT2D eigenvalue weighted by molar-refractivity contribution is 7.44. The van der Waals surface area contributed by atoms with Crippen molar-refractivity contribution in [2.45, 2.75) is 0 Å². The maximum Gasteiger partial charge on any atom is 0.197 e. The van der Waals surface area contributed by atoms with Gasteiger partial charge in [-0.05, 0) is 0 Å². The van der Waals surface area contributed by atoms with Crippen LogP contribution in [-0.2, 0) is 12.5 Å². The maximum atomic E-state index is 7.83. The van der Waals surface area contributed by atoms with E-state index in [1.165, 1.54) is 0 Å². The topological polar surface area (TPSA) is 42.9 Å². The van der Waals surface area contributed by atoms with Crippen molar-refractivity contribution in [1.29, 1.82) is 0 Å². The van der Waals surface area contributed by atoms with Crippen molar-refractivity contribution in [2.24, 2.45) is 0 Å². The van der Waals surface area contributed by atoms with E-state index >= 15 is 0 Å². The van der Waals surface area contributed by atoms with Crippen molar-refractivity contribution in [3.63, 3.8) is 0 Å². The summed E-state index contributed by atoms with van der Waals surface area (Å²) < 4.78 is 7.83. The third-order valence-electron chi connectivity index (χ3n) is 0.478. The number of hydrogen-bond donors (Lipinski definition) is 0. The second-order valence-electron chi connectivity index (χ2n) is 0.894. The first kappa shape index (κ1) is 7.10. The fourth-order valence-corrected chi connectivity index (χ4v) is 0.253. The molecule has 1 aromatic heterocycles. The highest BCUT2D eigenvalue weighted by Gasteiger charge is 1.59. The van der Waals surface area contributed by atoms with Crippen molar-refractivity contribution in [3.8, 4) is 0 Å². The third kappa shape index (κ3) is 3.30. The summed E-state index contributed by atoms with van der Waals surface area (Å²) in [5.41, 5.74) is 0. The summed E-state index contributed by atoms with van der Waals surface area (Å²) in [6.45, 7) is 0. The lowest BCUT2D eigenvalue weighted by molar-refractivity contribution is 0.702. The van der Waals surface area contributed by atoms with Crippen molar-refractivity contribution in [3.05, 3.63) is 24.8 Å². The zero-order valence-electron chi connectivity index (χ0n) is 4.02. The van der Waals surface area contributed by atoms with Crippen LogP contribution in [0.5, 0.6) is 0 Å². The highest BCUT2D eigenvalue weighted by Crippen LogP contribution is 1.65. The van der Waals surface area contributed by atoms with Gasteiger partial charge in [-0.2, -0.15) is 4.21 Å². The van der Waals surface area contributed by atoms with Crippen LogP contribution in [0.25, 0.3) is 0 Å². The Hall–Kier alpha value is -0.900. The molecular formula is C4H4N2OS. The molecule has 0 atom stereocenters. The van der Waals surface area contributed by atoms with Gasteiger partial charge in [-0.15, -0.1) is 0 Å². The van der Waals surface area contributed by atoms with Crippen molar-refractivity contribution in [2.75, 3.05) is 0 Å². The Kier molecular flexibility index (Phi) is 5.41. The van der Waals surface area contributed by atoms with Crippen LogP contribution in [0.2, 0.25) is 0 Å². The summed E-state index contributed by atoms with van der Waals surface area (Å²) >= 11 is 2.83. The lowest BCUT2D eigenvalue weighted by Crippen LogP contribution is -1.66. The fraction of sp³-hybridized carbons (Fsp3) is 0. The quantitative estimate of drug-likeness (QED) is 0.498. The Balaban J connectivity index is 0.000000222. The minimum atomic E-state index is 1.64. The summed E-state index contributed by atoms with van der Waals surface area (Å²) in [6.07, 6.45) is 6.56. The molecule has 0 unspecified atom stereocenters. The van der Waals surface area contributed by atoms with Gasteiger partial charge in [-0.25, -0.2) is 0 Å². The Bertz CT molecular complexity index is 96.9. The molecule has 3 nitrogen and oxygen atoms in total. The van der Waals surface area contributed by atoms with E-state index < -0.39 is 0 Å². The molecule has 1 rings (SSSR count). The van der Waals surface area contributed by atoms with Crippen LogP contribution in [0, 0.1) is 0 Å². The first-order valence-corrected chi connectivity index (χ1v) is 2.20. The van der Waals surface area contributed by atoms with Gasteiger partial charge in [0.15, 0.2) is 12.5 Å². The fourth-order valence-electron chi connectivity index (χ4n) is 0.253. The van der Waals surface area contributed by atoms with Gasteiger partial charge in [0.05, 0.1) is 0 Å². The second kappa shape index (κ2) is 6.10. The molecule has 0 radical (unpaired) electrons. The summed E-state index contributed by atoms with van der Waals surface area (Å²) in [7, 11) is 0. The van der Waals surface area contributed by atoms with Gasteiger partial charge in [-0.3, -0.25) is 9.97 Å². The molecule has 0 N–H and O–H groups in total. The second-order valence-corrected chi connectivity index (χ2v) is 0.894. The summed E-state index contributed by atoms with van der Waals surface area (Å²) in [5, 5.41) is 0. The molecule has 0 spiro atoms. The van der Waals surface area contributed by atoms with Gasteiger partial charge in [0.2, 0.25) is 0 Å². The third-order valence-corrected chi connectivity index (χ3v) is 0.478. The molecule has 1 aromatic rings. The molecular weight excluding hydrogens is 124 g/mol. The van der Waals surface area contributed by atoms with Crippen LogP contribution in [0.1, 0.15) is 0 Å². The molecule has 1 heterocycles. The molecule has 0 amide bonds. The number of aromatic nitrogens is 2. The molecule has 0 aliphatic carbocycles.